The molecule has 0 aromatic heterocycles. The van der Waals surface area contributed by atoms with Crippen LogP contribution in [0.5, 0.6) is 0 Å². The van der Waals surface area contributed by atoms with Gasteiger partial charge in [-0.3, -0.25) is 0 Å². The Balaban J connectivity index is 2.15. The quantitative estimate of drug-likeness (QED) is 0.545. The van der Waals surface area contributed by atoms with Gasteiger partial charge in [-0.25, -0.2) is 0 Å². The molecule has 3 atom stereocenters. The van der Waals surface area contributed by atoms with Crippen molar-refractivity contribution in [2.45, 2.75) is 44.6 Å². The van der Waals surface area contributed by atoms with Crippen molar-refractivity contribution in [1.82, 2.24) is 0 Å². The van der Waals surface area contributed by atoms with Gasteiger partial charge < -0.3 is 5.73 Å². The van der Waals surface area contributed by atoms with E-state index in [0.717, 1.165) is 11.8 Å². The average Bonchev–Trinajstić information content (AvgIpc) is 2.20. The van der Waals surface area contributed by atoms with Crippen molar-refractivity contribution in [2.75, 3.05) is 0 Å². The summed E-state index contributed by atoms with van der Waals surface area (Å²) in [5.41, 5.74) is 6.53. The van der Waals surface area contributed by atoms with Crippen LogP contribution < -0.4 is 5.73 Å². The van der Waals surface area contributed by atoms with Crippen LogP contribution in [0.25, 0.3) is 0 Å². The predicted octanol–water partition coefficient (Wildman–Crippen LogP) is 1.91. The minimum absolute atomic E-state index is 0.277. The molecule has 0 spiro atoms. The van der Waals surface area contributed by atoms with Crippen LogP contribution in [0.3, 0.4) is 0 Å². The third-order valence-corrected chi connectivity index (χ3v) is 3.42. The van der Waals surface area contributed by atoms with E-state index in [-0.39, 0.29) is 5.54 Å². The second-order valence-electron chi connectivity index (χ2n) is 4.37. The molecule has 2 aliphatic rings. The van der Waals surface area contributed by atoms with Crippen molar-refractivity contribution in [1.29, 1.82) is 0 Å². The van der Waals surface area contributed by atoms with Gasteiger partial charge in [0.1, 0.15) is 0 Å². The van der Waals surface area contributed by atoms with Gasteiger partial charge in [0.25, 0.3) is 0 Å². The van der Waals surface area contributed by atoms with Crippen LogP contribution in [-0.2, 0) is 0 Å². The van der Waals surface area contributed by atoms with Crippen LogP contribution in [-0.4, -0.2) is 5.54 Å². The second kappa shape index (κ2) is 1.97. The van der Waals surface area contributed by atoms with Gasteiger partial charge in [-0.15, -0.1) is 0 Å². The van der Waals surface area contributed by atoms with E-state index in [4.69, 9.17) is 5.73 Å². The zero-order valence-corrected chi connectivity index (χ0v) is 6.77. The maximum atomic E-state index is 6.25. The Morgan fingerprint density at radius 1 is 1.50 bits per heavy atom. The molecule has 0 bridgehead atoms. The fraction of sp³-hybridized carbons (Fsp3) is 1.00. The molecule has 10 heavy (non-hydrogen) atoms. The van der Waals surface area contributed by atoms with Crippen molar-refractivity contribution in [3.05, 3.63) is 0 Å². The minimum Gasteiger partial charge on any atom is -0.325 e. The summed E-state index contributed by atoms with van der Waals surface area (Å²) < 4.78 is 0. The molecule has 0 aromatic carbocycles. The molecule has 3 unspecified atom stereocenters. The number of rotatable bonds is 0. The number of hydrogen-bond donors (Lipinski definition) is 1. The molecule has 2 rings (SSSR count). The van der Waals surface area contributed by atoms with Gasteiger partial charge >= 0.3 is 0 Å². The van der Waals surface area contributed by atoms with Crippen molar-refractivity contribution in [3.8, 4) is 0 Å². The first-order valence-corrected chi connectivity index (χ1v) is 4.49. The summed E-state index contributed by atoms with van der Waals surface area (Å²) in [5, 5.41) is 0. The van der Waals surface area contributed by atoms with Crippen molar-refractivity contribution >= 4 is 0 Å². The maximum Gasteiger partial charge on any atom is 0.0185 e. The normalized spacial score (nSPS) is 53.4. The van der Waals surface area contributed by atoms with E-state index in [1.165, 1.54) is 32.1 Å². The molecule has 58 valence electrons. The lowest BCUT2D eigenvalue weighted by molar-refractivity contribution is 0.369. The molecular formula is C9H17N. The van der Waals surface area contributed by atoms with E-state index < -0.39 is 0 Å². The molecule has 2 N–H and O–H groups in total. The summed E-state index contributed by atoms with van der Waals surface area (Å²) in [6.45, 7) is 2.34. The van der Waals surface area contributed by atoms with Crippen LogP contribution in [0.4, 0.5) is 0 Å². The van der Waals surface area contributed by atoms with Gasteiger partial charge in [0.2, 0.25) is 0 Å². The smallest absolute Gasteiger partial charge is 0.0185 e. The summed E-state index contributed by atoms with van der Waals surface area (Å²) in [7, 11) is 0. The van der Waals surface area contributed by atoms with E-state index in [2.05, 4.69) is 6.92 Å². The van der Waals surface area contributed by atoms with Gasteiger partial charge in [0, 0.05) is 5.54 Å². The van der Waals surface area contributed by atoms with Crippen LogP contribution >= 0.6 is 0 Å². The molecule has 0 radical (unpaired) electrons. The van der Waals surface area contributed by atoms with Crippen LogP contribution in [0.1, 0.15) is 39.0 Å². The zero-order chi connectivity index (χ0) is 7.19. The first-order valence-electron chi connectivity index (χ1n) is 4.49. The Morgan fingerprint density at radius 3 is 3.00 bits per heavy atom. The lowest BCUT2D eigenvalue weighted by Gasteiger charge is -2.23. The van der Waals surface area contributed by atoms with Gasteiger partial charge in [-0.2, -0.15) is 0 Å². The monoisotopic (exact) mass is 139 g/mol. The van der Waals surface area contributed by atoms with Gasteiger partial charge in [0.15, 0.2) is 0 Å². The Kier molecular flexibility index (Phi) is 1.31. The van der Waals surface area contributed by atoms with E-state index in [0.29, 0.717) is 0 Å². The summed E-state index contributed by atoms with van der Waals surface area (Å²) in [4.78, 5) is 0. The molecule has 2 aliphatic carbocycles. The second-order valence-corrected chi connectivity index (χ2v) is 4.37. The first kappa shape index (κ1) is 6.66. The standard InChI is InChI=1S/C9H17N/c1-7-5-8-3-2-4-9(8,10)6-7/h7-8H,2-6,10H2,1H3. The van der Waals surface area contributed by atoms with E-state index >= 15 is 0 Å². The van der Waals surface area contributed by atoms with E-state index in [1.807, 2.05) is 0 Å². The first-order chi connectivity index (χ1) is 4.71. The van der Waals surface area contributed by atoms with Gasteiger partial charge in [-0.05, 0) is 37.5 Å². The fourth-order valence-corrected chi connectivity index (χ4v) is 3.01. The number of nitrogens with two attached hydrogens (primary N) is 1. The Morgan fingerprint density at radius 2 is 2.30 bits per heavy atom. The minimum atomic E-state index is 0.277. The highest BCUT2D eigenvalue weighted by molar-refractivity contribution is 5.02. The summed E-state index contributed by atoms with van der Waals surface area (Å²) >= 11 is 0. The number of hydrogen-bond acceptors (Lipinski definition) is 1. The summed E-state index contributed by atoms with van der Waals surface area (Å²) in [6, 6.07) is 0. The SMILES string of the molecule is CC1CC2CCCC2(N)C1. The van der Waals surface area contributed by atoms with Crippen LogP contribution in [0.15, 0.2) is 0 Å². The van der Waals surface area contributed by atoms with Crippen molar-refractivity contribution in [3.63, 3.8) is 0 Å². The average molecular weight is 139 g/mol. The third kappa shape index (κ3) is 0.800. The fourth-order valence-electron chi connectivity index (χ4n) is 3.01. The van der Waals surface area contributed by atoms with Crippen LogP contribution in [0.2, 0.25) is 0 Å². The molecule has 0 heterocycles. The largest absolute Gasteiger partial charge is 0.325 e. The highest BCUT2D eigenvalue weighted by Gasteiger charge is 2.45. The third-order valence-electron chi connectivity index (χ3n) is 3.42. The van der Waals surface area contributed by atoms with Crippen molar-refractivity contribution in [2.24, 2.45) is 17.6 Å². The van der Waals surface area contributed by atoms with Gasteiger partial charge in [0.05, 0.1) is 0 Å². The molecule has 0 aromatic rings. The predicted molar refractivity (Wildman–Crippen MR) is 42.7 cm³/mol. The van der Waals surface area contributed by atoms with Gasteiger partial charge in [-0.1, -0.05) is 13.3 Å². The molecule has 0 amide bonds. The lowest BCUT2D eigenvalue weighted by atomic mass is 9.92. The molecular weight excluding hydrogens is 122 g/mol. The summed E-state index contributed by atoms with van der Waals surface area (Å²) in [5.74, 6) is 1.78. The molecule has 1 nitrogen and oxygen atoms in total. The summed E-state index contributed by atoms with van der Waals surface area (Å²) in [6.07, 6.45) is 6.77. The Bertz CT molecular complexity index is 144. The maximum absolute atomic E-state index is 6.25. The van der Waals surface area contributed by atoms with E-state index in [9.17, 15) is 0 Å². The molecule has 0 saturated heterocycles. The number of fused-ring (bicyclic) bond motifs is 1. The van der Waals surface area contributed by atoms with Crippen LogP contribution in [0, 0.1) is 11.8 Å². The zero-order valence-electron chi connectivity index (χ0n) is 6.77. The molecule has 1 heteroatoms. The lowest BCUT2D eigenvalue weighted by Crippen LogP contribution is -2.39. The topological polar surface area (TPSA) is 26.0 Å². The highest BCUT2D eigenvalue weighted by atomic mass is 14.8. The molecule has 0 aliphatic heterocycles. The Hall–Kier alpha value is -0.0400. The Labute approximate surface area is 63.0 Å². The molecule has 2 fully saturated rings. The van der Waals surface area contributed by atoms with E-state index in [1.54, 1.807) is 0 Å². The van der Waals surface area contributed by atoms with Crippen molar-refractivity contribution < 1.29 is 0 Å². The molecule has 2 saturated carbocycles. The highest BCUT2D eigenvalue weighted by Crippen LogP contribution is 2.47.